The number of pyridine rings is 1. The largest absolute Gasteiger partial charge is 0.493 e. The van der Waals surface area contributed by atoms with E-state index in [0.717, 1.165) is 24.1 Å². The third kappa shape index (κ3) is 3.43. The van der Waals surface area contributed by atoms with E-state index in [9.17, 15) is 4.79 Å². The van der Waals surface area contributed by atoms with Crippen LogP contribution in [-0.2, 0) is 10.2 Å². The molecular formula is C22H23N5O3. The Kier molecular flexibility index (Phi) is 5.04. The number of ether oxygens (including phenoxy) is 2. The molecule has 0 unspecified atom stereocenters. The van der Waals surface area contributed by atoms with Crippen molar-refractivity contribution < 1.29 is 14.3 Å². The van der Waals surface area contributed by atoms with Gasteiger partial charge in [0.25, 0.3) is 0 Å². The van der Waals surface area contributed by atoms with E-state index in [1.807, 2.05) is 44.2 Å². The number of aromatic nitrogens is 3. The smallest absolute Gasteiger partial charge is 0.234 e. The maximum atomic E-state index is 12.8. The second-order valence-electron chi connectivity index (χ2n) is 7.64. The summed E-state index contributed by atoms with van der Waals surface area (Å²) < 4.78 is 12.5. The molecular weight excluding hydrogens is 382 g/mol. The number of nitriles is 1. The summed E-state index contributed by atoms with van der Waals surface area (Å²) in [5.41, 5.74) is 1.61. The van der Waals surface area contributed by atoms with Crippen molar-refractivity contribution in [2.24, 2.45) is 0 Å². The van der Waals surface area contributed by atoms with Crippen molar-refractivity contribution in [1.29, 1.82) is 5.26 Å². The number of hydrogen-bond acceptors (Lipinski definition) is 6. The first-order valence-corrected chi connectivity index (χ1v) is 9.84. The molecule has 8 nitrogen and oxygen atoms in total. The van der Waals surface area contributed by atoms with E-state index < -0.39 is 5.41 Å². The molecule has 2 aromatic heterocycles. The summed E-state index contributed by atoms with van der Waals surface area (Å²) in [5, 5.41) is 16.4. The van der Waals surface area contributed by atoms with Gasteiger partial charge in [-0.25, -0.2) is 9.50 Å². The van der Waals surface area contributed by atoms with Gasteiger partial charge in [0.2, 0.25) is 5.91 Å². The molecule has 0 spiro atoms. The molecule has 0 radical (unpaired) electrons. The minimum absolute atomic E-state index is 0.000905. The van der Waals surface area contributed by atoms with Crippen LogP contribution in [0.15, 0.2) is 36.4 Å². The van der Waals surface area contributed by atoms with Gasteiger partial charge in [-0.1, -0.05) is 0 Å². The van der Waals surface area contributed by atoms with E-state index in [0.29, 0.717) is 23.0 Å². The zero-order chi connectivity index (χ0) is 21.3. The quantitative estimate of drug-likeness (QED) is 0.649. The maximum absolute atomic E-state index is 12.8. The molecule has 4 rings (SSSR count). The minimum atomic E-state index is -0.673. The highest BCUT2D eigenvalue weighted by Gasteiger charge is 2.55. The van der Waals surface area contributed by atoms with Crippen molar-refractivity contribution in [3.05, 3.63) is 42.2 Å². The van der Waals surface area contributed by atoms with Gasteiger partial charge in [0.15, 0.2) is 23.8 Å². The Hall–Kier alpha value is -3.60. The summed E-state index contributed by atoms with van der Waals surface area (Å²) in [6.45, 7) is 3.88. The molecule has 30 heavy (non-hydrogen) atoms. The minimum Gasteiger partial charge on any atom is -0.493 e. The lowest BCUT2D eigenvalue weighted by Crippen LogP contribution is -2.39. The van der Waals surface area contributed by atoms with E-state index in [4.69, 9.17) is 24.8 Å². The predicted molar refractivity (Wildman–Crippen MR) is 110 cm³/mol. The van der Waals surface area contributed by atoms with Crippen LogP contribution >= 0.6 is 0 Å². The van der Waals surface area contributed by atoms with Gasteiger partial charge in [-0.2, -0.15) is 5.26 Å². The van der Waals surface area contributed by atoms with Crippen LogP contribution < -0.4 is 14.8 Å². The van der Waals surface area contributed by atoms with Crippen LogP contribution in [0.25, 0.3) is 16.9 Å². The van der Waals surface area contributed by atoms with Gasteiger partial charge in [0.1, 0.15) is 17.2 Å². The van der Waals surface area contributed by atoms with Crippen molar-refractivity contribution in [3.63, 3.8) is 0 Å². The van der Waals surface area contributed by atoms with Crippen molar-refractivity contribution in [3.8, 4) is 28.8 Å². The van der Waals surface area contributed by atoms with Gasteiger partial charge >= 0.3 is 0 Å². The number of nitrogens with one attached hydrogen (secondary N) is 1. The molecule has 1 aliphatic carbocycles. The zero-order valence-electron chi connectivity index (χ0n) is 17.2. The van der Waals surface area contributed by atoms with Crippen LogP contribution in [-0.4, -0.2) is 40.3 Å². The molecule has 1 N–H and O–H groups in total. The van der Waals surface area contributed by atoms with Crippen LogP contribution in [0.2, 0.25) is 0 Å². The monoisotopic (exact) mass is 405 g/mol. The highest BCUT2D eigenvalue weighted by molar-refractivity contribution is 5.90. The molecule has 2 heterocycles. The Morgan fingerprint density at radius 1 is 1.27 bits per heavy atom. The molecule has 1 aromatic carbocycles. The van der Waals surface area contributed by atoms with Gasteiger partial charge in [0, 0.05) is 11.6 Å². The average Bonchev–Trinajstić information content (AvgIpc) is 3.44. The molecule has 0 aliphatic heterocycles. The van der Waals surface area contributed by atoms with Gasteiger partial charge in [-0.3, -0.25) is 4.79 Å². The summed E-state index contributed by atoms with van der Waals surface area (Å²) in [5.74, 6) is 1.69. The summed E-state index contributed by atoms with van der Waals surface area (Å²) >= 11 is 0. The predicted octanol–water partition coefficient (Wildman–Crippen LogP) is 2.86. The van der Waals surface area contributed by atoms with Gasteiger partial charge < -0.3 is 14.8 Å². The number of carbonyl (C=O) groups excluding carboxylic acids is 1. The Morgan fingerprint density at radius 2 is 2.00 bits per heavy atom. The molecule has 0 atom stereocenters. The van der Waals surface area contributed by atoms with E-state index in [1.165, 1.54) is 0 Å². The molecule has 8 heteroatoms. The lowest BCUT2D eigenvalue weighted by molar-refractivity contribution is -0.124. The van der Waals surface area contributed by atoms with Gasteiger partial charge in [-0.15, -0.1) is 5.10 Å². The van der Waals surface area contributed by atoms with Crippen LogP contribution in [0.4, 0.5) is 0 Å². The third-order valence-corrected chi connectivity index (χ3v) is 5.15. The first-order chi connectivity index (χ1) is 14.5. The summed E-state index contributed by atoms with van der Waals surface area (Å²) in [7, 11) is 1.59. The average molecular weight is 405 g/mol. The first-order valence-electron chi connectivity index (χ1n) is 9.84. The number of benzene rings is 1. The van der Waals surface area contributed by atoms with Crippen LogP contribution in [0, 0.1) is 11.3 Å². The second kappa shape index (κ2) is 7.67. The first kappa shape index (κ1) is 19.7. The normalized spacial score (nSPS) is 14.4. The van der Waals surface area contributed by atoms with E-state index in [-0.39, 0.29) is 18.6 Å². The van der Waals surface area contributed by atoms with Crippen molar-refractivity contribution in [1.82, 2.24) is 19.9 Å². The van der Waals surface area contributed by atoms with Crippen molar-refractivity contribution in [2.45, 2.75) is 38.1 Å². The number of carbonyl (C=O) groups is 1. The topological polar surface area (TPSA) is 102 Å². The fourth-order valence-corrected chi connectivity index (χ4v) is 3.43. The highest BCUT2D eigenvalue weighted by Crippen LogP contribution is 2.47. The molecule has 154 valence electrons. The number of rotatable bonds is 7. The molecule has 0 bridgehead atoms. The standard InChI is InChI=1S/C22H23N5O3/c1-14(2)24-21(28)22(10-11-22)20-25-19-18(29-3)9-8-17(27(19)26-20)15-4-6-16(7-5-15)30-13-12-23/h4-9,14H,10-11,13H2,1-3H3,(H,24,28). The SMILES string of the molecule is COc1ccc(-c2ccc(OCC#N)cc2)n2nc(C3(C(=O)NC(C)C)CC3)nc12. The zero-order valence-corrected chi connectivity index (χ0v) is 17.2. The second-order valence-corrected chi connectivity index (χ2v) is 7.64. The fourth-order valence-electron chi connectivity index (χ4n) is 3.43. The van der Waals surface area contributed by atoms with Gasteiger partial charge in [0.05, 0.1) is 12.8 Å². The maximum Gasteiger partial charge on any atom is 0.234 e. The van der Waals surface area contributed by atoms with E-state index in [2.05, 4.69) is 5.32 Å². The third-order valence-electron chi connectivity index (χ3n) is 5.15. The van der Waals surface area contributed by atoms with Crippen LogP contribution in [0.5, 0.6) is 11.5 Å². The Labute approximate surface area is 174 Å². The molecule has 3 aromatic rings. The Balaban J connectivity index is 1.76. The molecule has 0 saturated heterocycles. The van der Waals surface area contributed by atoms with Crippen molar-refractivity contribution >= 4 is 11.6 Å². The Morgan fingerprint density at radius 3 is 2.60 bits per heavy atom. The molecule has 1 fully saturated rings. The van der Waals surface area contributed by atoms with Gasteiger partial charge in [-0.05, 0) is 63.1 Å². The number of nitrogens with zero attached hydrogens (tertiary/aromatic N) is 4. The summed E-state index contributed by atoms with van der Waals surface area (Å²) in [6.07, 6.45) is 1.45. The molecule has 1 saturated carbocycles. The molecule has 1 amide bonds. The van der Waals surface area contributed by atoms with E-state index in [1.54, 1.807) is 23.8 Å². The Bertz CT molecular complexity index is 1120. The van der Waals surface area contributed by atoms with Crippen LogP contribution in [0.3, 0.4) is 0 Å². The number of methoxy groups -OCH3 is 1. The highest BCUT2D eigenvalue weighted by atomic mass is 16.5. The van der Waals surface area contributed by atoms with Crippen molar-refractivity contribution in [2.75, 3.05) is 13.7 Å². The summed E-state index contributed by atoms with van der Waals surface area (Å²) in [4.78, 5) is 17.5. The summed E-state index contributed by atoms with van der Waals surface area (Å²) in [6, 6.07) is 13.2. The fraction of sp³-hybridized carbons (Fsp3) is 0.364. The number of fused-ring (bicyclic) bond motifs is 1. The van der Waals surface area contributed by atoms with Crippen LogP contribution in [0.1, 0.15) is 32.5 Å². The lowest BCUT2D eigenvalue weighted by Gasteiger charge is -2.14. The number of hydrogen-bond donors (Lipinski definition) is 1. The molecule has 1 aliphatic rings. The lowest BCUT2D eigenvalue weighted by atomic mass is 10.1. The number of amides is 1. The van der Waals surface area contributed by atoms with E-state index >= 15 is 0 Å².